The fourth-order valence-electron chi connectivity index (χ4n) is 4.64. The number of ketones is 1. The number of benzene rings is 2. The van der Waals surface area contributed by atoms with E-state index in [0.717, 1.165) is 31.5 Å². The summed E-state index contributed by atoms with van der Waals surface area (Å²) in [4.78, 5) is 15.2. The molecule has 4 rings (SSSR count). The van der Waals surface area contributed by atoms with Crippen molar-refractivity contribution in [1.82, 2.24) is 4.90 Å². The van der Waals surface area contributed by atoms with Gasteiger partial charge in [0.15, 0.2) is 11.6 Å². The van der Waals surface area contributed by atoms with Gasteiger partial charge in [0.2, 0.25) is 0 Å². The van der Waals surface area contributed by atoms with Crippen molar-refractivity contribution in [3.63, 3.8) is 0 Å². The van der Waals surface area contributed by atoms with Crippen LogP contribution in [0.1, 0.15) is 36.8 Å². The molecule has 2 unspecified atom stereocenters. The second-order valence-electron chi connectivity index (χ2n) is 7.68. The Morgan fingerprint density at radius 2 is 1.56 bits per heavy atom. The lowest BCUT2D eigenvalue weighted by molar-refractivity contribution is -0.124. The van der Waals surface area contributed by atoms with Gasteiger partial charge in [0, 0.05) is 36.5 Å². The molecule has 2 nitrogen and oxygen atoms in total. The molecular weight excluding hydrogens is 351 g/mol. The van der Waals surface area contributed by atoms with E-state index >= 15 is 0 Å². The first-order valence-electron chi connectivity index (χ1n) is 9.47. The number of nitrogens with zero attached hydrogens (tertiary/aromatic N) is 1. The van der Waals surface area contributed by atoms with Gasteiger partial charge in [-0.15, -0.1) is 0 Å². The van der Waals surface area contributed by atoms with Crippen LogP contribution in [-0.2, 0) is 17.8 Å². The zero-order chi connectivity index (χ0) is 19.0. The molecule has 2 heterocycles. The van der Waals surface area contributed by atoms with Gasteiger partial charge < -0.3 is 0 Å². The number of Topliss-reactive ketones (excluding diaryl/α,β-unsaturated/α-hetero) is 1. The maximum atomic E-state index is 13.9. The first kappa shape index (κ1) is 18.2. The number of hydrogen-bond acceptors (Lipinski definition) is 2. The lowest BCUT2D eigenvalue weighted by Crippen LogP contribution is -2.44. The molecule has 0 saturated carbocycles. The molecule has 0 aliphatic carbocycles. The standard InChI is InChI=1S/C22H22F3NO/c23-19-8-9-20(24)22(25)18(19)12-21(27)15-10-16-6-7-17(11-15)26(16)13-14-4-2-1-3-5-14/h1-5,8-9,15-17H,6-7,10-13H2. The number of rotatable bonds is 5. The van der Waals surface area contributed by atoms with E-state index in [2.05, 4.69) is 17.0 Å². The number of carbonyl (C=O) groups is 1. The van der Waals surface area contributed by atoms with Crippen LogP contribution in [0.2, 0.25) is 0 Å². The van der Waals surface area contributed by atoms with Crippen molar-refractivity contribution in [2.75, 3.05) is 0 Å². The molecule has 0 amide bonds. The summed E-state index contributed by atoms with van der Waals surface area (Å²) in [6, 6.07) is 12.5. The third kappa shape index (κ3) is 3.65. The van der Waals surface area contributed by atoms with E-state index in [4.69, 9.17) is 0 Å². The Morgan fingerprint density at radius 3 is 2.22 bits per heavy atom. The molecule has 2 fully saturated rings. The fourth-order valence-corrected chi connectivity index (χ4v) is 4.64. The summed E-state index contributed by atoms with van der Waals surface area (Å²) in [6.45, 7) is 0.865. The molecule has 2 aliphatic heterocycles. The summed E-state index contributed by atoms with van der Waals surface area (Å²) in [5.74, 6) is -3.61. The number of halogens is 3. The SMILES string of the molecule is O=C(Cc1c(F)ccc(F)c1F)C1CC2CCC(C1)N2Cc1ccccc1. The van der Waals surface area contributed by atoms with Gasteiger partial charge in [-0.25, -0.2) is 13.2 Å². The minimum atomic E-state index is -1.24. The molecule has 2 aromatic carbocycles. The molecule has 0 spiro atoms. The minimum Gasteiger partial charge on any atom is -0.299 e. The maximum absolute atomic E-state index is 13.9. The van der Waals surface area contributed by atoms with Crippen LogP contribution in [0.3, 0.4) is 0 Å². The Hall–Kier alpha value is -2.14. The third-order valence-electron chi connectivity index (χ3n) is 6.04. The summed E-state index contributed by atoms with van der Waals surface area (Å²) >= 11 is 0. The first-order chi connectivity index (χ1) is 13.0. The lowest BCUT2D eigenvalue weighted by Gasteiger charge is -2.38. The van der Waals surface area contributed by atoms with Crippen molar-refractivity contribution in [3.8, 4) is 0 Å². The van der Waals surface area contributed by atoms with Gasteiger partial charge in [0.25, 0.3) is 0 Å². The Kier molecular flexibility index (Phi) is 5.04. The quantitative estimate of drug-likeness (QED) is 0.711. The van der Waals surface area contributed by atoms with E-state index in [9.17, 15) is 18.0 Å². The lowest BCUT2D eigenvalue weighted by atomic mass is 9.84. The van der Waals surface area contributed by atoms with Gasteiger partial charge >= 0.3 is 0 Å². The highest BCUT2D eigenvalue weighted by atomic mass is 19.2. The molecule has 2 atom stereocenters. The summed E-state index contributed by atoms with van der Waals surface area (Å²) in [5.41, 5.74) is 0.808. The van der Waals surface area contributed by atoms with Gasteiger partial charge in [-0.3, -0.25) is 9.69 Å². The van der Waals surface area contributed by atoms with E-state index in [-0.39, 0.29) is 18.1 Å². The van der Waals surface area contributed by atoms with Crippen molar-refractivity contribution in [2.24, 2.45) is 5.92 Å². The summed E-state index contributed by atoms with van der Waals surface area (Å²) in [6.07, 6.45) is 3.13. The number of fused-ring (bicyclic) bond motifs is 2. The van der Waals surface area contributed by atoms with Crippen LogP contribution in [0.25, 0.3) is 0 Å². The Balaban J connectivity index is 1.44. The summed E-state index contributed by atoms with van der Waals surface area (Å²) < 4.78 is 41.1. The normalized spacial score (nSPS) is 24.9. The Morgan fingerprint density at radius 1 is 0.926 bits per heavy atom. The first-order valence-corrected chi connectivity index (χ1v) is 9.47. The molecular formula is C22H22F3NO. The average molecular weight is 373 g/mol. The fraction of sp³-hybridized carbons (Fsp3) is 0.409. The zero-order valence-corrected chi connectivity index (χ0v) is 15.0. The van der Waals surface area contributed by atoms with Crippen molar-refractivity contribution in [2.45, 2.75) is 50.7 Å². The molecule has 5 heteroatoms. The second-order valence-corrected chi connectivity index (χ2v) is 7.68. The minimum absolute atomic E-state index is 0.185. The van der Waals surface area contributed by atoms with E-state index in [1.165, 1.54) is 5.56 Å². The van der Waals surface area contributed by atoms with E-state index in [0.29, 0.717) is 24.9 Å². The maximum Gasteiger partial charge on any atom is 0.165 e. The molecule has 27 heavy (non-hydrogen) atoms. The molecule has 2 aromatic rings. The third-order valence-corrected chi connectivity index (χ3v) is 6.04. The molecule has 0 N–H and O–H groups in total. The van der Waals surface area contributed by atoms with E-state index in [1.807, 2.05) is 18.2 Å². The van der Waals surface area contributed by atoms with Crippen LogP contribution in [0.15, 0.2) is 42.5 Å². The highest BCUT2D eigenvalue weighted by molar-refractivity contribution is 5.83. The Labute approximate surface area is 157 Å². The van der Waals surface area contributed by atoms with Gasteiger partial charge in [0.05, 0.1) is 0 Å². The van der Waals surface area contributed by atoms with Gasteiger partial charge in [-0.1, -0.05) is 30.3 Å². The monoisotopic (exact) mass is 373 g/mol. The smallest absolute Gasteiger partial charge is 0.165 e. The number of hydrogen-bond donors (Lipinski definition) is 0. The van der Waals surface area contributed by atoms with Crippen LogP contribution in [0, 0.1) is 23.4 Å². The van der Waals surface area contributed by atoms with Crippen LogP contribution >= 0.6 is 0 Å². The van der Waals surface area contributed by atoms with Crippen LogP contribution in [-0.4, -0.2) is 22.8 Å². The van der Waals surface area contributed by atoms with E-state index < -0.39 is 23.0 Å². The number of piperidine rings is 1. The number of carbonyl (C=O) groups excluding carboxylic acids is 1. The molecule has 2 bridgehead atoms. The molecule has 0 radical (unpaired) electrons. The van der Waals surface area contributed by atoms with Gasteiger partial charge in [-0.2, -0.15) is 0 Å². The van der Waals surface area contributed by atoms with E-state index in [1.54, 1.807) is 0 Å². The summed E-state index contributed by atoms with van der Waals surface area (Å²) in [7, 11) is 0. The predicted octanol–water partition coefficient (Wildman–Crippen LogP) is 4.66. The summed E-state index contributed by atoms with van der Waals surface area (Å²) in [5, 5.41) is 0. The predicted molar refractivity (Wildman–Crippen MR) is 96.5 cm³/mol. The highest BCUT2D eigenvalue weighted by Crippen LogP contribution is 2.40. The highest BCUT2D eigenvalue weighted by Gasteiger charge is 2.42. The van der Waals surface area contributed by atoms with Gasteiger partial charge in [0.1, 0.15) is 11.6 Å². The zero-order valence-electron chi connectivity index (χ0n) is 15.0. The molecule has 2 saturated heterocycles. The van der Waals surface area contributed by atoms with Crippen LogP contribution < -0.4 is 0 Å². The van der Waals surface area contributed by atoms with Crippen molar-refractivity contribution in [1.29, 1.82) is 0 Å². The van der Waals surface area contributed by atoms with Crippen LogP contribution in [0.4, 0.5) is 13.2 Å². The Bertz CT molecular complexity index is 825. The van der Waals surface area contributed by atoms with Gasteiger partial charge in [-0.05, 0) is 43.4 Å². The topological polar surface area (TPSA) is 20.3 Å². The average Bonchev–Trinajstić information content (AvgIpc) is 2.90. The van der Waals surface area contributed by atoms with Crippen LogP contribution in [0.5, 0.6) is 0 Å². The molecule has 0 aromatic heterocycles. The van der Waals surface area contributed by atoms with Crippen molar-refractivity contribution >= 4 is 5.78 Å². The second kappa shape index (κ2) is 7.47. The van der Waals surface area contributed by atoms with Crippen molar-refractivity contribution < 1.29 is 18.0 Å². The van der Waals surface area contributed by atoms with Crippen molar-refractivity contribution in [3.05, 3.63) is 71.0 Å². The largest absolute Gasteiger partial charge is 0.299 e. The molecule has 142 valence electrons. The molecule has 2 aliphatic rings.